The number of rotatable bonds is 3. The number of aromatic nitrogens is 1. The summed E-state index contributed by atoms with van der Waals surface area (Å²) in [5.74, 6) is 0. The molecule has 1 atom stereocenters. The SMILES string of the molecule is CCC12CCCc3c(-c4ccccc4)c(-c4ccccc4)c(=O)n(c31)CCC2. The van der Waals surface area contributed by atoms with Gasteiger partial charge in [-0.3, -0.25) is 4.79 Å². The van der Waals surface area contributed by atoms with Crippen LogP contribution in [0.5, 0.6) is 0 Å². The van der Waals surface area contributed by atoms with Gasteiger partial charge in [-0.1, -0.05) is 67.6 Å². The highest BCUT2D eigenvalue weighted by atomic mass is 16.1. The second kappa shape index (κ2) is 6.77. The van der Waals surface area contributed by atoms with Crippen molar-refractivity contribution in [2.75, 3.05) is 0 Å². The highest BCUT2D eigenvalue weighted by molar-refractivity contribution is 5.86. The summed E-state index contributed by atoms with van der Waals surface area (Å²) in [5, 5.41) is 0. The van der Waals surface area contributed by atoms with Crippen LogP contribution in [-0.2, 0) is 18.4 Å². The van der Waals surface area contributed by atoms with Crippen molar-refractivity contribution >= 4 is 0 Å². The van der Waals surface area contributed by atoms with E-state index >= 15 is 0 Å². The number of hydrogen-bond donors (Lipinski definition) is 0. The van der Waals surface area contributed by atoms with Gasteiger partial charge in [-0.05, 0) is 60.8 Å². The van der Waals surface area contributed by atoms with Crippen molar-refractivity contribution in [2.24, 2.45) is 0 Å². The van der Waals surface area contributed by atoms with Crippen LogP contribution < -0.4 is 5.56 Å². The van der Waals surface area contributed by atoms with Crippen molar-refractivity contribution < 1.29 is 0 Å². The van der Waals surface area contributed by atoms with Gasteiger partial charge >= 0.3 is 0 Å². The molecule has 1 unspecified atom stereocenters. The average Bonchev–Trinajstić information content (AvgIpc) is 2.77. The number of hydrogen-bond acceptors (Lipinski definition) is 1. The molecule has 2 aromatic carbocycles. The summed E-state index contributed by atoms with van der Waals surface area (Å²) in [6.07, 6.45) is 6.95. The number of nitrogens with zero attached hydrogens (tertiary/aromatic N) is 1. The van der Waals surface area contributed by atoms with E-state index in [9.17, 15) is 4.79 Å². The van der Waals surface area contributed by atoms with Gasteiger partial charge in [0.2, 0.25) is 0 Å². The Morgan fingerprint density at radius 2 is 1.46 bits per heavy atom. The molecule has 0 radical (unpaired) electrons. The van der Waals surface area contributed by atoms with Crippen molar-refractivity contribution in [3.05, 3.63) is 82.3 Å². The van der Waals surface area contributed by atoms with Crippen LogP contribution >= 0.6 is 0 Å². The highest BCUT2D eigenvalue weighted by Crippen LogP contribution is 2.49. The van der Waals surface area contributed by atoms with E-state index in [0.717, 1.165) is 36.9 Å². The minimum Gasteiger partial charge on any atom is -0.311 e. The molecular formula is C26H27NO. The molecule has 0 amide bonds. The third-order valence-electron chi connectivity index (χ3n) is 6.99. The standard InChI is InChI=1S/C26H27NO/c1-2-26-16-9-15-21-22(19-11-5-3-6-12-19)23(20-13-7-4-8-14-20)25(28)27(24(21)26)18-10-17-26/h3-8,11-14H,2,9-10,15-18H2,1H3. The first-order valence-electron chi connectivity index (χ1n) is 10.7. The molecule has 0 N–H and O–H groups in total. The van der Waals surface area contributed by atoms with E-state index in [1.807, 2.05) is 18.2 Å². The number of pyridine rings is 1. The smallest absolute Gasteiger partial charge is 0.259 e. The zero-order valence-corrected chi connectivity index (χ0v) is 16.6. The lowest BCUT2D eigenvalue weighted by Crippen LogP contribution is -2.43. The minimum absolute atomic E-state index is 0.184. The van der Waals surface area contributed by atoms with Crippen molar-refractivity contribution in [1.82, 2.24) is 4.57 Å². The topological polar surface area (TPSA) is 22.0 Å². The van der Waals surface area contributed by atoms with Crippen LogP contribution in [0.2, 0.25) is 0 Å². The molecule has 0 saturated carbocycles. The Hall–Kier alpha value is -2.61. The molecule has 0 bridgehead atoms. The van der Waals surface area contributed by atoms with Gasteiger partial charge in [-0.25, -0.2) is 0 Å². The van der Waals surface area contributed by atoms with Gasteiger partial charge in [0.15, 0.2) is 0 Å². The molecule has 142 valence electrons. The second-order valence-corrected chi connectivity index (χ2v) is 8.36. The maximum Gasteiger partial charge on any atom is 0.259 e. The summed E-state index contributed by atoms with van der Waals surface area (Å²) in [4.78, 5) is 13.9. The quantitative estimate of drug-likeness (QED) is 0.558. The Bertz CT molecular complexity index is 1060. The van der Waals surface area contributed by atoms with Crippen molar-refractivity contribution in [3.8, 4) is 22.3 Å². The van der Waals surface area contributed by atoms with Crippen molar-refractivity contribution in [3.63, 3.8) is 0 Å². The summed E-state index contributed by atoms with van der Waals surface area (Å²) >= 11 is 0. The van der Waals surface area contributed by atoms with Crippen LogP contribution in [0, 0.1) is 0 Å². The van der Waals surface area contributed by atoms with Crippen LogP contribution in [0.1, 0.15) is 50.3 Å². The second-order valence-electron chi connectivity index (χ2n) is 8.36. The summed E-state index contributed by atoms with van der Waals surface area (Å²) in [5.41, 5.74) is 7.45. The predicted octanol–water partition coefficient (Wildman–Crippen LogP) is 5.96. The first-order chi connectivity index (χ1) is 13.7. The monoisotopic (exact) mass is 369 g/mol. The highest BCUT2D eigenvalue weighted by Gasteiger charge is 2.42. The predicted molar refractivity (Wildman–Crippen MR) is 116 cm³/mol. The lowest BCUT2D eigenvalue weighted by atomic mass is 9.65. The Morgan fingerprint density at radius 1 is 0.857 bits per heavy atom. The molecule has 0 spiro atoms. The molecule has 0 saturated heterocycles. The van der Waals surface area contributed by atoms with Crippen LogP contribution in [0.15, 0.2) is 65.5 Å². The fourth-order valence-corrected chi connectivity index (χ4v) is 5.70. The van der Waals surface area contributed by atoms with Gasteiger partial charge in [0.25, 0.3) is 5.56 Å². The fourth-order valence-electron chi connectivity index (χ4n) is 5.70. The van der Waals surface area contributed by atoms with Crippen LogP contribution in [0.4, 0.5) is 0 Å². The van der Waals surface area contributed by atoms with E-state index in [0.29, 0.717) is 0 Å². The molecule has 2 heterocycles. The van der Waals surface area contributed by atoms with E-state index in [2.05, 4.69) is 54.0 Å². The van der Waals surface area contributed by atoms with Crippen molar-refractivity contribution in [2.45, 2.75) is 57.4 Å². The zero-order chi connectivity index (χ0) is 19.1. The molecule has 1 aromatic heterocycles. The molecule has 5 rings (SSSR count). The van der Waals surface area contributed by atoms with E-state index in [4.69, 9.17) is 0 Å². The molecule has 28 heavy (non-hydrogen) atoms. The van der Waals surface area contributed by atoms with Crippen LogP contribution in [-0.4, -0.2) is 4.57 Å². The molecule has 1 aliphatic heterocycles. The van der Waals surface area contributed by atoms with Gasteiger partial charge in [-0.15, -0.1) is 0 Å². The maximum absolute atomic E-state index is 13.9. The van der Waals surface area contributed by atoms with E-state index in [1.54, 1.807) is 0 Å². The summed E-state index contributed by atoms with van der Waals surface area (Å²) < 4.78 is 2.15. The van der Waals surface area contributed by atoms with Gasteiger partial charge in [-0.2, -0.15) is 0 Å². The zero-order valence-electron chi connectivity index (χ0n) is 16.6. The van der Waals surface area contributed by atoms with E-state index in [-0.39, 0.29) is 11.0 Å². The molecule has 2 aliphatic rings. The average molecular weight is 370 g/mol. The van der Waals surface area contributed by atoms with E-state index < -0.39 is 0 Å². The molecule has 1 aliphatic carbocycles. The first-order valence-corrected chi connectivity index (χ1v) is 10.7. The van der Waals surface area contributed by atoms with Gasteiger partial charge in [0.1, 0.15) is 0 Å². The van der Waals surface area contributed by atoms with Gasteiger partial charge < -0.3 is 4.57 Å². The van der Waals surface area contributed by atoms with E-state index in [1.165, 1.54) is 41.6 Å². The third kappa shape index (κ3) is 2.51. The summed E-state index contributed by atoms with van der Waals surface area (Å²) in [7, 11) is 0. The molecule has 2 nitrogen and oxygen atoms in total. The number of benzene rings is 2. The Balaban J connectivity index is 1.93. The van der Waals surface area contributed by atoms with Gasteiger partial charge in [0, 0.05) is 17.7 Å². The van der Waals surface area contributed by atoms with Gasteiger partial charge in [0.05, 0.1) is 5.56 Å². The first kappa shape index (κ1) is 17.5. The normalized spacial score (nSPS) is 20.6. The van der Waals surface area contributed by atoms with Crippen LogP contribution in [0.3, 0.4) is 0 Å². The Morgan fingerprint density at radius 3 is 2.11 bits per heavy atom. The Labute approximate surface area is 166 Å². The summed E-state index contributed by atoms with van der Waals surface area (Å²) in [6, 6.07) is 20.8. The minimum atomic E-state index is 0.184. The lowest BCUT2D eigenvalue weighted by molar-refractivity contribution is 0.252. The van der Waals surface area contributed by atoms with Crippen LogP contribution in [0.25, 0.3) is 22.3 Å². The molecule has 0 fully saturated rings. The third-order valence-corrected chi connectivity index (χ3v) is 6.99. The summed E-state index contributed by atoms with van der Waals surface area (Å²) in [6.45, 7) is 3.17. The Kier molecular flexibility index (Phi) is 4.23. The molecule has 2 heteroatoms. The fraction of sp³-hybridized carbons (Fsp3) is 0.346. The largest absolute Gasteiger partial charge is 0.311 e. The van der Waals surface area contributed by atoms with Crippen molar-refractivity contribution in [1.29, 1.82) is 0 Å². The maximum atomic E-state index is 13.9. The molecular weight excluding hydrogens is 342 g/mol. The lowest BCUT2D eigenvalue weighted by Gasteiger charge is -2.44. The molecule has 3 aromatic rings.